The summed E-state index contributed by atoms with van der Waals surface area (Å²) in [4.78, 5) is 4.50. The molecular weight excluding hydrogens is 465 g/mol. The zero-order valence-corrected chi connectivity index (χ0v) is 20.0. The molecule has 0 spiro atoms. The van der Waals surface area contributed by atoms with Gasteiger partial charge in [0.05, 0.1) is 16.6 Å². The van der Waals surface area contributed by atoms with Crippen LogP contribution in [0.3, 0.4) is 0 Å². The number of ether oxygens (including phenoxy) is 1. The summed E-state index contributed by atoms with van der Waals surface area (Å²) in [5.74, 6) is 0.774. The van der Waals surface area contributed by atoms with Crippen LogP contribution in [0, 0.1) is 0 Å². The molecule has 8 heteroatoms. The maximum absolute atomic E-state index is 12.1. The number of guanidine groups is 1. The third-order valence-corrected chi connectivity index (χ3v) is 7.03. The van der Waals surface area contributed by atoms with Gasteiger partial charge in [0.2, 0.25) is 0 Å². The molecule has 1 fully saturated rings. The number of hydrogen-bond donors (Lipinski definition) is 2. The maximum Gasteiger partial charge on any atom is 0.191 e. The number of hydrogen-bond acceptors (Lipinski definition) is 4. The highest BCUT2D eigenvalue weighted by molar-refractivity contribution is 14.0. The lowest BCUT2D eigenvalue weighted by atomic mass is 9.98. The maximum atomic E-state index is 12.1. The van der Waals surface area contributed by atoms with Crippen LogP contribution >= 0.6 is 24.0 Å². The minimum absolute atomic E-state index is 0. The monoisotopic (exact) mass is 503 g/mol. The van der Waals surface area contributed by atoms with Crippen molar-refractivity contribution in [2.24, 2.45) is 4.99 Å². The number of nitrogens with zero attached hydrogens (tertiary/aromatic N) is 1. The summed E-state index contributed by atoms with van der Waals surface area (Å²) in [5.41, 5.74) is 0. The Balaban J connectivity index is 0.00000625. The van der Waals surface area contributed by atoms with Crippen molar-refractivity contribution >= 4 is 39.8 Å². The Hall–Kier alpha value is -0.0900. The molecule has 2 N–H and O–H groups in total. The normalized spacial score (nSPS) is 16.8. The van der Waals surface area contributed by atoms with E-state index in [-0.39, 0.29) is 29.7 Å². The van der Waals surface area contributed by atoms with Gasteiger partial charge in [0.25, 0.3) is 0 Å². The number of rotatable bonds is 9. The quantitative estimate of drug-likeness (QED) is 0.219. The van der Waals surface area contributed by atoms with Crippen molar-refractivity contribution in [3.63, 3.8) is 0 Å². The van der Waals surface area contributed by atoms with Gasteiger partial charge in [0.1, 0.15) is 0 Å². The van der Waals surface area contributed by atoms with Gasteiger partial charge in [-0.3, -0.25) is 4.99 Å². The van der Waals surface area contributed by atoms with Crippen LogP contribution in [-0.4, -0.2) is 57.2 Å². The molecule has 0 aromatic heterocycles. The van der Waals surface area contributed by atoms with Crippen LogP contribution in [0.2, 0.25) is 0 Å². The highest BCUT2D eigenvalue weighted by Gasteiger charge is 2.28. The molecule has 0 radical (unpaired) electrons. The van der Waals surface area contributed by atoms with E-state index in [2.05, 4.69) is 15.6 Å². The van der Waals surface area contributed by atoms with E-state index in [0.717, 1.165) is 19.6 Å². The smallest absolute Gasteiger partial charge is 0.191 e. The second-order valence-corrected chi connectivity index (χ2v) is 10.5. The van der Waals surface area contributed by atoms with Crippen molar-refractivity contribution in [1.82, 2.24) is 10.6 Å². The summed E-state index contributed by atoms with van der Waals surface area (Å²) < 4.78 is 29.4. The van der Waals surface area contributed by atoms with E-state index in [9.17, 15) is 8.42 Å². The summed E-state index contributed by atoms with van der Waals surface area (Å²) in [7, 11) is -3.12. The van der Waals surface area contributed by atoms with Crippen LogP contribution in [0.25, 0.3) is 0 Å². The van der Waals surface area contributed by atoms with E-state index in [4.69, 9.17) is 4.74 Å². The van der Waals surface area contributed by atoms with Crippen LogP contribution in [0.4, 0.5) is 0 Å². The van der Waals surface area contributed by atoms with Crippen molar-refractivity contribution in [3.8, 4) is 0 Å². The van der Waals surface area contributed by atoms with Gasteiger partial charge in [-0.05, 0) is 47.0 Å². The molecule has 6 nitrogen and oxygen atoms in total. The fourth-order valence-corrected chi connectivity index (χ4v) is 3.67. The molecule has 1 aliphatic carbocycles. The molecule has 0 atom stereocenters. The molecule has 0 aromatic carbocycles. The molecular formula is C18H38IN3O3S. The topological polar surface area (TPSA) is 79.8 Å². The number of nitrogens with one attached hydrogen (secondary N) is 2. The van der Waals surface area contributed by atoms with Gasteiger partial charge in [-0.2, -0.15) is 0 Å². The molecule has 0 bridgehead atoms. The van der Waals surface area contributed by atoms with Crippen LogP contribution in [0.5, 0.6) is 0 Å². The number of halogens is 1. The molecule has 26 heavy (non-hydrogen) atoms. The minimum Gasteiger partial charge on any atom is -0.378 e. The fourth-order valence-electron chi connectivity index (χ4n) is 2.69. The Kier molecular flexibility index (Phi) is 13.1. The van der Waals surface area contributed by atoms with Gasteiger partial charge >= 0.3 is 0 Å². The molecule has 0 saturated heterocycles. The lowest BCUT2D eigenvalue weighted by Crippen LogP contribution is -2.42. The van der Waals surface area contributed by atoms with Crippen LogP contribution in [-0.2, 0) is 14.6 Å². The molecule has 0 heterocycles. The minimum atomic E-state index is -3.12. The molecule has 1 saturated carbocycles. The molecule has 1 rings (SSSR count). The van der Waals surface area contributed by atoms with Gasteiger partial charge in [-0.25, -0.2) is 8.42 Å². The number of sulfone groups is 1. The molecule has 0 aromatic rings. The first kappa shape index (κ1) is 25.9. The second-order valence-electron chi connectivity index (χ2n) is 7.60. The summed E-state index contributed by atoms with van der Waals surface area (Å²) in [6.45, 7) is 9.71. The average molecular weight is 503 g/mol. The van der Waals surface area contributed by atoms with E-state index >= 15 is 0 Å². The Bertz CT molecular complexity index is 498. The first-order chi connectivity index (χ1) is 11.8. The van der Waals surface area contributed by atoms with Gasteiger partial charge in [0, 0.05) is 26.2 Å². The first-order valence-electron chi connectivity index (χ1n) is 9.62. The average Bonchev–Trinajstić information content (AvgIpc) is 2.54. The van der Waals surface area contributed by atoms with Gasteiger partial charge < -0.3 is 15.4 Å². The van der Waals surface area contributed by atoms with Crippen molar-refractivity contribution in [1.29, 1.82) is 0 Å². The lowest BCUT2D eigenvalue weighted by Gasteiger charge is -2.21. The predicted octanol–water partition coefficient (Wildman–Crippen LogP) is 3.11. The standard InChI is InChI=1S/C18H37N3O3S.HI/c1-5-19-17(21-13-15-25(22,23)18(2,3)4)20-12-9-14-24-16-10-7-6-8-11-16;/h16H,5-15H2,1-4H3,(H2,19,20,21);1H. The van der Waals surface area contributed by atoms with Crippen LogP contribution in [0.15, 0.2) is 4.99 Å². The van der Waals surface area contributed by atoms with E-state index in [1.807, 2.05) is 6.92 Å². The van der Waals surface area contributed by atoms with Gasteiger partial charge in [-0.1, -0.05) is 19.3 Å². The Morgan fingerprint density at radius 1 is 1.15 bits per heavy atom. The second kappa shape index (κ2) is 13.1. The molecule has 0 unspecified atom stereocenters. The lowest BCUT2D eigenvalue weighted by molar-refractivity contribution is 0.0281. The Morgan fingerprint density at radius 2 is 1.81 bits per heavy atom. The van der Waals surface area contributed by atoms with Crippen LogP contribution < -0.4 is 10.6 Å². The van der Waals surface area contributed by atoms with E-state index in [0.29, 0.717) is 25.2 Å². The number of aliphatic imine (C=N–C) groups is 1. The molecule has 156 valence electrons. The van der Waals surface area contributed by atoms with Gasteiger partial charge in [0.15, 0.2) is 15.8 Å². The SMILES string of the molecule is CCNC(=NCCCOC1CCCCC1)NCCS(=O)(=O)C(C)(C)C.I. The highest BCUT2D eigenvalue weighted by atomic mass is 127. The molecule has 0 aliphatic heterocycles. The zero-order valence-electron chi connectivity index (χ0n) is 16.8. The third kappa shape index (κ3) is 10.3. The Morgan fingerprint density at radius 3 is 2.38 bits per heavy atom. The zero-order chi connectivity index (χ0) is 18.8. The van der Waals surface area contributed by atoms with Crippen molar-refractivity contribution in [2.75, 3.05) is 32.0 Å². The van der Waals surface area contributed by atoms with Crippen molar-refractivity contribution in [2.45, 2.75) is 77.1 Å². The van der Waals surface area contributed by atoms with Crippen molar-refractivity contribution < 1.29 is 13.2 Å². The molecule has 1 aliphatic rings. The van der Waals surface area contributed by atoms with E-state index in [1.165, 1.54) is 32.1 Å². The van der Waals surface area contributed by atoms with Crippen LogP contribution in [0.1, 0.15) is 66.2 Å². The predicted molar refractivity (Wildman–Crippen MR) is 120 cm³/mol. The van der Waals surface area contributed by atoms with E-state index < -0.39 is 14.6 Å². The van der Waals surface area contributed by atoms with Gasteiger partial charge in [-0.15, -0.1) is 24.0 Å². The Labute approximate surface area is 177 Å². The summed E-state index contributed by atoms with van der Waals surface area (Å²) in [5, 5.41) is 6.26. The first-order valence-corrected chi connectivity index (χ1v) is 11.3. The molecule has 0 amide bonds. The fraction of sp³-hybridized carbons (Fsp3) is 0.944. The summed E-state index contributed by atoms with van der Waals surface area (Å²) >= 11 is 0. The third-order valence-electron chi connectivity index (χ3n) is 4.42. The highest BCUT2D eigenvalue weighted by Crippen LogP contribution is 2.20. The van der Waals surface area contributed by atoms with Crippen molar-refractivity contribution in [3.05, 3.63) is 0 Å². The largest absolute Gasteiger partial charge is 0.378 e. The summed E-state index contributed by atoms with van der Waals surface area (Å²) in [6, 6.07) is 0. The van der Waals surface area contributed by atoms with E-state index in [1.54, 1.807) is 20.8 Å². The summed E-state index contributed by atoms with van der Waals surface area (Å²) in [6.07, 6.45) is 7.61.